The third-order valence-electron chi connectivity index (χ3n) is 3.21. The first kappa shape index (κ1) is 13.2. The number of benzene rings is 1. The number of aryl methyl sites for hydroxylation is 1. The van der Waals surface area contributed by atoms with E-state index in [-0.39, 0.29) is 12.1 Å². The van der Waals surface area contributed by atoms with Gasteiger partial charge in [-0.25, -0.2) is 14.6 Å². The third-order valence-corrected chi connectivity index (χ3v) is 3.21. The zero-order valence-corrected chi connectivity index (χ0v) is 11.9. The highest BCUT2D eigenvalue weighted by atomic mass is 16.1. The summed E-state index contributed by atoms with van der Waals surface area (Å²) in [5, 5.41) is 8.65. The molecule has 21 heavy (non-hydrogen) atoms. The zero-order chi connectivity index (χ0) is 14.8. The van der Waals surface area contributed by atoms with Crippen molar-refractivity contribution < 1.29 is 0 Å². The van der Waals surface area contributed by atoms with E-state index in [1.165, 1.54) is 4.68 Å². The largest absolute Gasteiger partial charge is 0.373 e. The van der Waals surface area contributed by atoms with Crippen LogP contribution in [0.25, 0.3) is 10.8 Å². The first-order valence-corrected chi connectivity index (χ1v) is 6.64. The number of nitrogens with zero attached hydrogens (tertiary/aromatic N) is 4. The molecular formula is C15H15N5O. The Hall–Kier alpha value is -2.76. The smallest absolute Gasteiger partial charge is 0.275 e. The summed E-state index contributed by atoms with van der Waals surface area (Å²) >= 11 is 0. The van der Waals surface area contributed by atoms with E-state index >= 15 is 0 Å². The SMILES string of the molecule is CNc1cc(C)nc(Cn2ncc3ccccc3c2=O)n1. The Morgan fingerprint density at radius 2 is 2.05 bits per heavy atom. The summed E-state index contributed by atoms with van der Waals surface area (Å²) in [6.07, 6.45) is 1.69. The molecule has 0 unspecified atom stereocenters. The number of aromatic nitrogens is 4. The highest BCUT2D eigenvalue weighted by molar-refractivity contribution is 5.80. The zero-order valence-electron chi connectivity index (χ0n) is 11.9. The van der Waals surface area contributed by atoms with E-state index in [4.69, 9.17) is 0 Å². The Morgan fingerprint density at radius 1 is 1.24 bits per heavy atom. The molecule has 6 heteroatoms. The van der Waals surface area contributed by atoms with Crippen LogP contribution in [0.15, 0.2) is 41.3 Å². The minimum absolute atomic E-state index is 0.135. The van der Waals surface area contributed by atoms with Gasteiger partial charge in [0, 0.05) is 24.2 Å². The van der Waals surface area contributed by atoms with Gasteiger partial charge in [-0.2, -0.15) is 5.10 Å². The van der Waals surface area contributed by atoms with Crippen LogP contribution in [-0.2, 0) is 6.54 Å². The second-order valence-electron chi connectivity index (χ2n) is 4.76. The molecule has 0 aliphatic heterocycles. The summed E-state index contributed by atoms with van der Waals surface area (Å²) in [6.45, 7) is 2.14. The maximum Gasteiger partial charge on any atom is 0.275 e. The number of hydrogen-bond acceptors (Lipinski definition) is 5. The van der Waals surface area contributed by atoms with Crippen molar-refractivity contribution in [3.8, 4) is 0 Å². The molecule has 0 aliphatic carbocycles. The van der Waals surface area contributed by atoms with Gasteiger partial charge in [0.2, 0.25) is 0 Å². The molecule has 3 aromatic rings. The van der Waals surface area contributed by atoms with Gasteiger partial charge < -0.3 is 5.32 Å². The Balaban J connectivity index is 2.04. The molecule has 0 saturated carbocycles. The van der Waals surface area contributed by atoms with E-state index in [1.807, 2.05) is 31.2 Å². The standard InChI is InChI=1S/C15H15N5O/c1-10-7-13(16-2)19-14(18-10)9-20-15(21)12-6-4-3-5-11(12)8-17-20/h3-8H,9H2,1-2H3,(H,16,18,19). The van der Waals surface area contributed by atoms with Crippen LogP contribution in [-0.4, -0.2) is 26.8 Å². The van der Waals surface area contributed by atoms with Gasteiger partial charge in [-0.3, -0.25) is 4.79 Å². The second-order valence-corrected chi connectivity index (χ2v) is 4.76. The molecule has 0 radical (unpaired) electrons. The van der Waals surface area contributed by atoms with Crippen molar-refractivity contribution in [3.63, 3.8) is 0 Å². The highest BCUT2D eigenvalue weighted by Gasteiger charge is 2.07. The molecule has 0 atom stereocenters. The average molecular weight is 281 g/mol. The molecule has 0 spiro atoms. The van der Waals surface area contributed by atoms with Crippen LogP contribution >= 0.6 is 0 Å². The van der Waals surface area contributed by atoms with Gasteiger partial charge in [0.05, 0.1) is 11.6 Å². The summed E-state index contributed by atoms with van der Waals surface area (Å²) in [6, 6.07) is 9.25. The molecule has 106 valence electrons. The molecule has 0 fully saturated rings. The van der Waals surface area contributed by atoms with Gasteiger partial charge in [0.1, 0.15) is 12.4 Å². The molecule has 0 bridgehead atoms. The van der Waals surface area contributed by atoms with Crippen LogP contribution in [0.3, 0.4) is 0 Å². The predicted octanol–water partition coefficient (Wildman–Crippen LogP) is 1.58. The molecule has 1 aromatic carbocycles. The third kappa shape index (κ3) is 2.60. The van der Waals surface area contributed by atoms with Crippen LogP contribution < -0.4 is 10.9 Å². The number of rotatable bonds is 3. The van der Waals surface area contributed by atoms with E-state index in [0.717, 1.165) is 16.9 Å². The fourth-order valence-electron chi connectivity index (χ4n) is 2.20. The fourth-order valence-corrected chi connectivity index (χ4v) is 2.20. The number of hydrogen-bond donors (Lipinski definition) is 1. The monoisotopic (exact) mass is 281 g/mol. The van der Waals surface area contributed by atoms with E-state index in [0.29, 0.717) is 11.2 Å². The van der Waals surface area contributed by atoms with Crippen molar-refractivity contribution in [1.82, 2.24) is 19.7 Å². The van der Waals surface area contributed by atoms with Crippen molar-refractivity contribution in [2.45, 2.75) is 13.5 Å². The number of anilines is 1. The Labute approximate surface area is 121 Å². The molecule has 2 heterocycles. The van der Waals surface area contributed by atoms with Crippen molar-refractivity contribution in [1.29, 1.82) is 0 Å². The minimum Gasteiger partial charge on any atom is -0.373 e. The van der Waals surface area contributed by atoms with Crippen molar-refractivity contribution >= 4 is 16.6 Å². The molecular weight excluding hydrogens is 266 g/mol. The van der Waals surface area contributed by atoms with Crippen LogP contribution in [0.1, 0.15) is 11.5 Å². The quantitative estimate of drug-likeness (QED) is 0.789. The van der Waals surface area contributed by atoms with Gasteiger partial charge in [-0.15, -0.1) is 0 Å². The van der Waals surface area contributed by atoms with Crippen molar-refractivity contribution in [2.24, 2.45) is 0 Å². The van der Waals surface area contributed by atoms with Gasteiger partial charge in [0.15, 0.2) is 5.82 Å². The lowest BCUT2D eigenvalue weighted by molar-refractivity contribution is 0.620. The molecule has 6 nitrogen and oxygen atoms in total. The first-order chi connectivity index (χ1) is 10.2. The predicted molar refractivity (Wildman–Crippen MR) is 81.4 cm³/mol. The summed E-state index contributed by atoms with van der Waals surface area (Å²) in [4.78, 5) is 21.1. The summed E-state index contributed by atoms with van der Waals surface area (Å²) in [5.74, 6) is 1.29. The summed E-state index contributed by atoms with van der Waals surface area (Å²) < 4.78 is 1.39. The normalized spacial score (nSPS) is 10.8. The van der Waals surface area contributed by atoms with Crippen LogP contribution in [0.5, 0.6) is 0 Å². The Morgan fingerprint density at radius 3 is 2.86 bits per heavy atom. The summed E-state index contributed by atoms with van der Waals surface area (Å²) in [7, 11) is 1.80. The maximum absolute atomic E-state index is 12.4. The van der Waals surface area contributed by atoms with Crippen LogP contribution in [0.2, 0.25) is 0 Å². The molecule has 0 aliphatic rings. The molecule has 3 rings (SSSR count). The lowest BCUT2D eigenvalue weighted by Gasteiger charge is -2.07. The van der Waals surface area contributed by atoms with Gasteiger partial charge >= 0.3 is 0 Å². The van der Waals surface area contributed by atoms with Gasteiger partial charge in [-0.1, -0.05) is 18.2 Å². The topological polar surface area (TPSA) is 72.7 Å². The van der Waals surface area contributed by atoms with Crippen molar-refractivity contribution in [3.05, 3.63) is 58.4 Å². The van der Waals surface area contributed by atoms with Crippen molar-refractivity contribution in [2.75, 3.05) is 12.4 Å². The molecule has 0 saturated heterocycles. The lowest BCUT2D eigenvalue weighted by atomic mass is 10.2. The molecule has 1 N–H and O–H groups in total. The molecule has 2 aromatic heterocycles. The van der Waals surface area contributed by atoms with Gasteiger partial charge in [-0.05, 0) is 13.0 Å². The second kappa shape index (κ2) is 5.32. The Bertz CT molecular complexity index is 856. The first-order valence-electron chi connectivity index (χ1n) is 6.64. The molecule has 0 amide bonds. The summed E-state index contributed by atoms with van der Waals surface area (Å²) in [5.41, 5.74) is 0.711. The lowest BCUT2D eigenvalue weighted by Crippen LogP contribution is -2.24. The van der Waals surface area contributed by atoms with Crippen LogP contribution in [0.4, 0.5) is 5.82 Å². The van der Waals surface area contributed by atoms with E-state index < -0.39 is 0 Å². The Kier molecular flexibility index (Phi) is 3.35. The highest BCUT2D eigenvalue weighted by Crippen LogP contribution is 2.08. The number of nitrogens with one attached hydrogen (secondary N) is 1. The van der Waals surface area contributed by atoms with Crippen LogP contribution in [0, 0.1) is 6.92 Å². The van der Waals surface area contributed by atoms with Gasteiger partial charge in [0.25, 0.3) is 5.56 Å². The van der Waals surface area contributed by atoms with E-state index in [9.17, 15) is 4.79 Å². The maximum atomic E-state index is 12.4. The van der Waals surface area contributed by atoms with E-state index in [1.54, 1.807) is 19.3 Å². The average Bonchev–Trinajstić information content (AvgIpc) is 2.50. The van der Waals surface area contributed by atoms with E-state index in [2.05, 4.69) is 20.4 Å². The minimum atomic E-state index is -0.135. The number of fused-ring (bicyclic) bond motifs is 1. The fraction of sp³-hybridized carbons (Fsp3) is 0.200.